The van der Waals surface area contributed by atoms with E-state index in [-0.39, 0.29) is 5.41 Å². The molecular weight excluding hydrogens is 174 g/mol. The zero-order chi connectivity index (χ0) is 11.2. The second-order valence-corrected chi connectivity index (χ2v) is 5.08. The molecule has 2 heteroatoms. The Hall–Kier alpha value is -0.0800. The third-order valence-electron chi connectivity index (χ3n) is 3.00. The summed E-state index contributed by atoms with van der Waals surface area (Å²) < 4.78 is 5.38. The molecule has 0 saturated heterocycles. The molecule has 1 unspecified atom stereocenters. The molecule has 0 aromatic carbocycles. The second-order valence-electron chi connectivity index (χ2n) is 5.08. The third-order valence-corrected chi connectivity index (χ3v) is 3.00. The molecule has 1 N–H and O–H groups in total. The van der Waals surface area contributed by atoms with Crippen LogP contribution in [-0.2, 0) is 4.74 Å². The van der Waals surface area contributed by atoms with E-state index < -0.39 is 0 Å². The van der Waals surface area contributed by atoms with Crippen molar-refractivity contribution in [2.24, 2.45) is 17.3 Å². The van der Waals surface area contributed by atoms with Crippen LogP contribution < -0.4 is 5.32 Å². The molecule has 0 heterocycles. The van der Waals surface area contributed by atoms with E-state index in [0.29, 0.717) is 5.92 Å². The van der Waals surface area contributed by atoms with Gasteiger partial charge < -0.3 is 10.1 Å². The third kappa shape index (κ3) is 3.97. The average Bonchev–Trinajstić information content (AvgIpc) is 2.03. The average molecular weight is 201 g/mol. The maximum absolute atomic E-state index is 5.38. The maximum atomic E-state index is 5.38. The molecular formula is C12H27NO. The highest BCUT2D eigenvalue weighted by Crippen LogP contribution is 2.34. The van der Waals surface area contributed by atoms with Crippen molar-refractivity contribution in [3.05, 3.63) is 0 Å². The molecule has 0 rings (SSSR count). The number of rotatable bonds is 7. The van der Waals surface area contributed by atoms with E-state index in [2.05, 4.69) is 33.0 Å². The maximum Gasteiger partial charge on any atom is 0.0533 e. The fourth-order valence-electron chi connectivity index (χ4n) is 2.24. The summed E-state index contributed by atoms with van der Waals surface area (Å²) in [5.74, 6) is 1.37. The Morgan fingerprint density at radius 1 is 1.21 bits per heavy atom. The first-order chi connectivity index (χ1) is 6.48. The SMILES string of the molecule is CNCC(COC)(CC(C)C)C(C)C. The molecule has 0 aliphatic carbocycles. The zero-order valence-electron chi connectivity index (χ0n) is 10.7. The molecule has 0 aliphatic heterocycles. The highest BCUT2D eigenvalue weighted by molar-refractivity contribution is 4.85. The second kappa shape index (κ2) is 6.41. The lowest BCUT2D eigenvalue weighted by atomic mass is 9.72. The van der Waals surface area contributed by atoms with Gasteiger partial charge in [0.2, 0.25) is 0 Å². The van der Waals surface area contributed by atoms with Gasteiger partial charge in [0.05, 0.1) is 6.61 Å². The number of methoxy groups -OCH3 is 1. The van der Waals surface area contributed by atoms with Gasteiger partial charge in [-0.25, -0.2) is 0 Å². The Morgan fingerprint density at radius 3 is 2.07 bits per heavy atom. The number of hydrogen-bond donors (Lipinski definition) is 1. The van der Waals surface area contributed by atoms with Crippen molar-refractivity contribution in [3.8, 4) is 0 Å². The number of nitrogens with one attached hydrogen (secondary N) is 1. The van der Waals surface area contributed by atoms with Crippen LogP contribution in [0.1, 0.15) is 34.1 Å². The minimum Gasteiger partial charge on any atom is -0.384 e. The molecule has 0 aromatic heterocycles. The van der Waals surface area contributed by atoms with E-state index in [1.165, 1.54) is 6.42 Å². The van der Waals surface area contributed by atoms with Gasteiger partial charge in [0.1, 0.15) is 0 Å². The number of hydrogen-bond acceptors (Lipinski definition) is 2. The molecule has 0 saturated carbocycles. The van der Waals surface area contributed by atoms with Crippen LogP contribution >= 0.6 is 0 Å². The minimum absolute atomic E-state index is 0.289. The van der Waals surface area contributed by atoms with Crippen molar-refractivity contribution in [2.45, 2.75) is 34.1 Å². The van der Waals surface area contributed by atoms with E-state index >= 15 is 0 Å². The summed E-state index contributed by atoms with van der Waals surface area (Å²) in [6.45, 7) is 11.0. The van der Waals surface area contributed by atoms with Crippen LogP contribution in [0.3, 0.4) is 0 Å². The Kier molecular flexibility index (Phi) is 6.38. The molecule has 0 bridgehead atoms. The highest BCUT2D eigenvalue weighted by atomic mass is 16.5. The molecule has 0 aliphatic rings. The quantitative estimate of drug-likeness (QED) is 0.683. The zero-order valence-corrected chi connectivity index (χ0v) is 10.7. The summed E-state index contributed by atoms with van der Waals surface area (Å²) in [4.78, 5) is 0. The topological polar surface area (TPSA) is 21.3 Å². The van der Waals surface area contributed by atoms with Crippen molar-refractivity contribution in [1.82, 2.24) is 5.32 Å². The van der Waals surface area contributed by atoms with Gasteiger partial charge in [0.25, 0.3) is 0 Å². The first kappa shape index (κ1) is 13.9. The first-order valence-electron chi connectivity index (χ1n) is 5.62. The fraction of sp³-hybridized carbons (Fsp3) is 1.00. The van der Waals surface area contributed by atoms with Gasteiger partial charge in [0, 0.05) is 19.1 Å². The van der Waals surface area contributed by atoms with Crippen LogP contribution in [0.2, 0.25) is 0 Å². The predicted molar refractivity (Wildman–Crippen MR) is 62.5 cm³/mol. The summed E-state index contributed by atoms with van der Waals surface area (Å²) in [7, 11) is 3.82. The molecule has 0 fully saturated rings. The van der Waals surface area contributed by atoms with E-state index in [1.807, 2.05) is 7.05 Å². The van der Waals surface area contributed by atoms with Crippen molar-refractivity contribution in [2.75, 3.05) is 27.3 Å². The van der Waals surface area contributed by atoms with Gasteiger partial charge in [-0.1, -0.05) is 27.7 Å². The summed E-state index contributed by atoms with van der Waals surface area (Å²) >= 11 is 0. The normalized spacial score (nSPS) is 16.3. The molecule has 0 radical (unpaired) electrons. The largest absolute Gasteiger partial charge is 0.384 e. The number of ether oxygens (including phenoxy) is 1. The van der Waals surface area contributed by atoms with E-state index in [4.69, 9.17) is 4.74 Å². The lowest BCUT2D eigenvalue weighted by Crippen LogP contribution is -2.42. The molecule has 1 atom stereocenters. The summed E-state index contributed by atoms with van der Waals surface area (Å²) in [5, 5.41) is 3.30. The first-order valence-corrected chi connectivity index (χ1v) is 5.62. The van der Waals surface area contributed by atoms with E-state index in [0.717, 1.165) is 19.1 Å². The summed E-state index contributed by atoms with van der Waals surface area (Å²) in [5.41, 5.74) is 0.289. The van der Waals surface area contributed by atoms with Gasteiger partial charge in [0.15, 0.2) is 0 Å². The predicted octanol–water partition coefficient (Wildman–Crippen LogP) is 2.54. The standard InChI is InChI=1S/C12H27NO/c1-10(2)7-12(8-13-5,9-14-6)11(3)4/h10-11,13H,7-9H2,1-6H3. The Morgan fingerprint density at radius 2 is 1.79 bits per heavy atom. The Labute approximate surface area is 89.4 Å². The molecule has 0 aromatic rings. The van der Waals surface area contributed by atoms with E-state index in [9.17, 15) is 0 Å². The lowest BCUT2D eigenvalue weighted by Gasteiger charge is -2.38. The fourth-order valence-corrected chi connectivity index (χ4v) is 2.24. The molecule has 0 spiro atoms. The smallest absolute Gasteiger partial charge is 0.0533 e. The molecule has 2 nitrogen and oxygen atoms in total. The lowest BCUT2D eigenvalue weighted by molar-refractivity contribution is 0.0272. The van der Waals surface area contributed by atoms with Gasteiger partial charge in [-0.2, -0.15) is 0 Å². The monoisotopic (exact) mass is 201 g/mol. The van der Waals surface area contributed by atoms with Gasteiger partial charge in [-0.3, -0.25) is 0 Å². The van der Waals surface area contributed by atoms with E-state index in [1.54, 1.807) is 7.11 Å². The summed E-state index contributed by atoms with van der Waals surface area (Å²) in [6.07, 6.45) is 1.22. The molecule has 0 amide bonds. The Bertz CT molecular complexity index is 137. The van der Waals surface area contributed by atoms with Crippen molar-refractivity contribution in [3.63, 3.8) is 0 Å². The van der Waals surface area contributed by atoms with Crippen LogP contribution in [0, 0.1) is 17.3 Å². The van der Waals surface area contributed by atoms with Gasteiger partial charge in [-0.15, -0.1) is 0 Å². The van der Waals surface area contributed by atoms with Crippen LogP contribution in [0.5, 0.6) is 0 Å². The molecule has 14 heavy (non-hydrogen) atoms. The molecule has 86 valence electrons. The Balaban J connectivity index is 4.55. The van der Waals surface area contributed by atoms with Crippen LogP contribution in [0.15, 0.2) is 0 Å². The van der Waals surface area contributed by atoms with Crippen molar-refractivity contribution in [1.29, 1.82) is 0 Å². The van der Waals surface area contributed by atoms with Crippen LogP contribution in [0.25, 0.3) is 0 Å². The highest BCUT2D eigenvalue weighted by Gasteiger charge is 2.33. The van der Waals surface area contributed by atoms with Gasteiger partial charge in [-0.05, 0) is 25.3 Å². The van der Waals surface area contributed by atoms with Crippen molar-refractivity contribution >= 4 is 0 Å². The van der Waals surface area contributed by atoms with Crippen molar-refractivity contribution < 1.29 is 4.74 Å². The van der Waals surface area contributed by atoms with Crippen LogP contribution in [0.4, 0.5) is 0 Å². The van der Waals surface area contributed by atoms with Gasteiger partial charge >= 0.3 is 0 Å². The van der Waals surface area contributed by atoms with Crippen LogP contribution in [-0.4, -0.2) is 27.3 Å². The minimum atomic E-state index is 0.289. The summed E-state index contributed by atoms with van der Waals surface area (Å²) in [6, 6.07) is 0.